The van der Waals surface area contributed by atoms with Gasteiger partial charge in [0.1, 0.15) is 5.54 Å². The van der Waals surface area contributed by atoms with Crippen LogP contribution in [0.15, 0.2) is 0 Å². The minimum Gasteiger partial charge on any atom is -0.468 e. The average molecular weight is 178 g/mol. The van der Waals surface area contributed by atoms with Crippen LogP contribution in [0, 0.1) is 0 Å². The highest BCUT2D eigenvalue weighted by atomic mass is 35.5. The molecule has 64 valence electrons. The SMILES string of the molecule is COC(=O)C1(CCl)CCCN1. The molecule has 1 rings (SSSR count). The molecule has 1 aliphatic rings. The Morgan fingerprint density at radius 1 is 1.82 bits per heavy atom. The number of alkyl halides is 1. The van der Waals surface area contributed by atoms with Crippen molar-refractivity contribution >= 4 is 17.6 Å². The Bertz CT molecular complexity index is 155. The van der Waals surface area contributed by atoms with Gasteiger partial charge in [0.15, 0.2) is 0 Å². The van der Waals surface area contributed by atoms with E-state index >= 15 is 0 Å². The Hall–Kier alpha value is -0.280. The van der Waals surface area contributed by atoms with Gasteiger partial charge in [-0.3, -0.25) is 4.79 Å². The Kier molecular flexibility index (Phi) is 2.73. The van der Waals surface area contributed by atoms with Gasteiger partial charge >= 0.3 is 5.97 Å². The number of carbonyl (C=O) groups is 1. The van der Waals surface area contributed by atoms with Gasteiger partial charge in [-0.1, -0.05) is 0 Å². The van der Waals surface area contributed by atoms with Crippen molar-refractivity contribution in [2.75, 3.05) is 19.5 Å². The van der Waals surface area contributed by atoms with Crippen molar-refractivity contribution in [2.45, 2.75) is 18.4 Å². The van der Waals surface area contributed by atoms with Gasteiger partial charge in [-0.15, -0.1) is 11.6 Å². The maximum absolute atomic E-state index is 11.2. The first-order valence-electron chi connectivity index (χ1n) is 3.64. The second kappa shape index (κ2) is 3.41. The molecule has 1 heterocycles. The molecule has 0 amide bonds. The van der Waals surface area contributed by atoms with Crippen molar-refractivity contribution in [1.29, 1.82) is 0 Å². The third kappa shape index (κ3) is 1.49. The minimum absolute atomic E-state index is 0.245. The number of rotatable bonds is 2. The predicted molar refractivity (Wildman–Crippen MR) is 42.7 cm³/mol. The standard InChI is InChI=1S/C7H12ClNO2/c1-11-6(10)7(5-8)3-2-4-9-7/h9H,2-5H2,1H3. The number of carbonyl (C=O) groups excluding carboxylic acids is 1. The van der Waals surface area contributed by atoms with Crippen molar-refractivity contribution in [3.63, 3.8) is 0 Å². The lowest BCUT2D eigenvalue weighted by Gasteiger charge is -2.22. The molecule has 1 fully saturated rings. The van der Waals surface area contributed by atoms with Gasteiger partial charge < -0.3 is 10.1 Å². The van der Waals surface area contributed by atoms with Gasteiger partial charge in [-0.25, -0.2) is 0 Å². The quantitative estimate of drug-likeness (QED) is 0.494. The lowest BCUT2D eigenvalue weighted by molar-refractivity contribution is -0.147. The molecule has 0 saturated carbocycles. The van der Waals surface area contributed by atoms with Crippen LogP contribution < -0.4 is 5.32 Å². The van der Waals surface area contributed by atoms with Crippen LogP contribution in [-0.4, -0.2) is 31.0 Å². The van der Waals surface area contributed by atoms with Crippen LogP contribution in [0.25, 0.3) is 0 Å². The molecule has 0 radical (unpaired) electrons. The van der Waals surface area contributed by atoms with E-state index in [1.54, 1.807) is 0 Å². The summed E-state index contributed by atoms with van der Waals surface area (Å²) >= 11 is 5.67. The number of esters is 1. The third-order valence-corrected chi connectivity index (χ3v) is 2.50. The summed E-state index contributed by atoms with van der Waals surface area (Å²) in [6, 6.07) is 0. The Morgan fingerprint density at radius 3 is 2.91 bits per heavy atom. The van der Waals surface area contributed by atoms with E-state index < -0.39 is 5.54 Å². The topological polar surface area (TPSA) is 38.3 Å². The van der Waals surface area contributed by atoms with Gasteiger partial charge in [0, 0.05) is 0 Å². The first kappa shape index (κ1) is 8.81. The van der Waals surface area contributed by atoms with Crippen LogP contribution in [-0.2, 0) is 9.53 Å². The number of hydrogen-bond donors (Lipinski definition) is 1. The Morgan fingerprint density at radius 2 is 2.55 bits per heavy atom. The molecule has 0 aromatic carbocycles. The highest BCUT2D eigenvalue weighted by Gasteiger charge is 2.41. The summed E-state index contributed by atoms with van der Waals surface area (Å²) in [5.74, 6) is 0.0460. The van der Waals surface area contributed by atoms with Crippen LogP contribution in [0.4, 0.5) is 0 Å². The summed E-state index contributed by atoms with van der Waals surface area (Å²) < 4.78 is 4.64. The van der Waals surface area contributed by atoms with E-state index in [1.165, 1.54) is 7.11 Å². The fraction of sp³-hybridized carbons (Fsp3) is 0.857. The summed E-state index contributed by atoms with van der Waals surface area (Å²) in [5.41, 5.74) is -0.601. The molecule has 3 nitrogen and oxygen atoms in total. The molecule has 0 aromatic heterocycles. The number of halogens is 1. The molecule has 4 heteroatoms. The van der Waals surface area contributed by atoms with E-state index in [0.717, 1.165) is 19.4 Å². The minimum atomic E-state index is -0.601. The molecule has 1 saturated heterocycles. The Balaban J connectivity index is 2.66. The predicted octanol–water partition coefficient (Wildman–Crippen LogP) is 0.520. The van der Waals surface area contributed by atoms with Crippen molar-refractivity contribution in [1.82, 2.24) is 5.32 Å². The highest BCUT2D eigenvalue weighted by molar-refractivity contribution is 6.20. The molecule has 0 aliphatic carbocycles. The third-order valence-electron chi connectivity index (χ3n) is 2.05. The maximum atomic E-state index is 11.2. The summed E-state index contributed by atoms with van der Waals surface area (Å²) in [6.45, 7) is 0.849. The first-order chi connectivity index (χ1) is 5.25. The first-order valence-corrected chi connectivity index (χ1v) is 4.18. The summed E-state index contributed by atoms with van der Waals surface area (Å²) in [6.07, 6.45) is 1.77. The second-order valence-corrected chi connectivity index (χ2v) is 3.00. The lowest BCUT2D eigenvalue weighted by atomic mass is 10.0. The average Bonchev–Trinajstić information content (AvgIpc) is 2.52. The maximum Gasteiger partial charge on any atom is 0.327 e. The van der Waals surface area contributed by atoms with Crippen molar-refractivity contribution in [3.8, 4) is 0 Å². The van der Waals surface area contributed by atoms with Gasteiger partial charge in [0.25, 0.3) is 0 Å². The second-order valence-electron chi connectivity index (χ2n) is 2.74. The Labute approximate surface area is 71.1 Å². The van der Waals surface area contributed by atoms with E-state index in [0.29, 0.717) is 5.88 Å². The molecule has 1 unspecified atom stereocenters. The van der Waals surface area contributed by atoms with Crippen molar-refractivity contribution in [3.05, 3.63) is 0 Å². The summed E-state index contributed by atoms with van der Waals surface area (Å²) in [5, 5.41) is 3.06. The van der Waals surface area contributed by atoms with E-state index in [-0.39, 0.29) is 5.97 Å². The van der Waals surface area contributed by atoms with Gasteiger partial charge in [-0.2, -0.15) is 0 Å². The van der Waals surface area contributed by atoms with Crippen LogP contribution in [0.2, 0.25) is 0 Å². The zero-order chi connectivity index (χ0) is 8.32. The number of ether oxygens (including phenoxy) is 1. The molecule has 0 aromatic rings. The number of hydrogen-bond acceptors (Lipinski definition) is 3. The molecular weight excluding hydrogens is 166 g/mol. The monoisotopic (exact) mass is 177 g/mol. The van der Waals surface area contributed by atoms with Crippen LogP contribution >= 0.6 is 11.6 Å². The fourth-order valence-corrected chi connectivity index (χ4v) is 1.68. The normalized spacial score (nSPS) is 30.4. The molecule has 11 heavy (non-hydrogen) atoms. The summed E-state index contributed by atoms with van der Waals surface area (Å²) in [4.78, 5) is 11.2. The van der Waals surface area contributed by atoms with Crippen molar-refractivity contribution in [2.24, 2.45) is 0 Å². The fourth-order valence-electron chi connectivity index (χ4n) is 1.34. The molecule has 1 atom stereocenters. The molecule has 1 N–H and O–H groups in total. The smallest absolute Gasteiger partial charge is 0.327 e. The summed E-state index contributed by atoms with van der Waals surface area (Å²) in [7, 11) is 1.39. The van der Waals surface area contributed by atoms with Crippen LogP contribution in [0.1, 0.15) is 12.8 Å². The number of methoxy groups -OCH3 is 1. The van der Waals surface area contributed by atoms with E-state index in [2.05, 4.69) is 10.1 Å². The van der Waals surface area contributed by atoms with E-state index in [9.17, 15) is 4.79 Å². The lowest BCUT2D eigenvalue weighted by Crippen LogP contribution is -2.50. The molecule has 1 aliphatic heterocycles. The zero-order valence-electron chi connectivity index (χ0n) is 6.52. The van der Waals surface area contributed by atoms with Gasteiger partial charge in [0.05, 0.1) is 13.0 Å². The van der Waals surface area contributed by atoms with E-state index in [1.807, 2.05) is 0 Å². The van der Waals surface area contributed by atoms with Crippen LogP contribution in [0.5, 0.6) is 0 Å². The highest BCUT2D eigenvalue weighted by Crippen LogP contribution is 2.21. The largest absolute Gasteiger partial charge is 0.468 e. The molecule has 0 bridgehead atoms. The van der Waals surface area contributed by atoms with E-state index in [4.69, 9.17) is 11.6 Å². The van der Waals surface area contributed by atoms with Crippen LogP contribution in [0.3, 0.4) is 0 Å². The van der Waals surface area contributed by atoms with Crippen molar-refractivity contribution < 1.29 is 9.53 Å². The van der Waals surface area contributed by atoms with Gasteiger partial charge in [0.2, 0.25) is 0 Å². The zero-order valence-corrected chi connectivity index (χ0v) is 7.28. The van der Waals surface area contributed by atoms with Gasteiger partial charge in [-0.05, 0) is 19.4 Å². The molecule has 0 spiro atoms. The number of nitrogens with one attached hydrogen (secondary N) is 1. The molecular formula is C7H12ClNO2.